The van der Waals surface area contributed by atoms with Crippen molar-refractivity contribution >= 4 is 17.2 Å². The molecular formula is C14H15N3O2S. The SMILES string of the molecule is COc1ccc(Cn2cc(C)cnc2=O)cc1C(N)=S. The second kappa shape index (κ2) is 5.83. The number of benzene rings is 1. The average Bonchev–Trinajstić information content (AvgIpc) is 2.42. The number of nitrogens with zero attached hydrogens (tertiary/aromatic N) is 2. The van der Waals surface area contributed by atoms with Crippen LogP contribution in [-0.4, -0.2) is 21.6 Å². The van der Waals surface area contributed by atoms with Crippen LogP contribution in [0.3, 0.4) is 0 Å². The fourth-order valence-corrected chi connectivity index (χ4v) is 2.08. The van der Waals surface area contributed by atoms with E-state index in [4.69, 9.17) is 22.7 Å². The van der Waals surface area contributed by atoms with E-state index in [1.165, 1.54) is 0 Å². The normalized spacial score (nSPS) is 10.3. The Kier molecular flexibility index (Phi) is 4.14. The summed E-state index contributed by atoms with van der Waals surface area (Å²) >= 11 is 5.00. The van der Waals surface area contributed by atoms with Crippen LogP contribution in [0.15, 0.2) is 35.4 Å². The van der Waals surface area contributed by atoms with Gasteiger partial charge in [0, 0.05) is 12.4 Å². The van der Waals surface area contributed by atoms with Gasteiger partial charge in [-0.3, -0.25) is 4.57 Å². The van der Waals surface area contributed by atoms with E-state index in [1.807, 2.05) is 19.1 Å². The first-order chi connectivity index (χ1) is 9.51. The molecule has 0 radical (unpaired) electrons. The summed E-state index contributed by atoms with van der Waals surface area (Å²) in [6, 6.07) is 5.49. The van der Waals surface area contributed by atoms with Crippen LogP contribution in [0.1, 0.15) is 16.7 Å². The Balaban J connectivity index is 2.39. The summed E-state index contributed by atoms with van der Waals surface area (Å²) in [5.41, 5.74) is 7.88. The minimum atomic E-state index is -0.289. The minimum Gasteiger partial charge on any atom is -0.496 e. The van der Waals surface area contributed by atoms with Gasteiger partial charge in [0.05, 0.1) is 19.2 Å². The van der Waals surface area contributed by atoms with Crippen LogP contribution in [0.25, 0.3) is 0 Å². The third-order valence-corrected chi connectivity index (χ3v) is 3.09. The predicted octanol–water partition coefficient (Wildman–Crippen LogP) is 1.24. The Hall–Kier alpha value is -2.21. The second-order valence-electron chi connectivity index (χ2n) is 4.44. The van der Waals surface area contributed by atoms with Crippen LogP contribution in [-0.2, 0) is 6.54 Å². The van der Waals surface area contributed by atoms with Gasteiger partial charge in [-0.25, -0.2) is 9.78 Å². The summed E-state index contributed by atoms with van der Waals surface area (Å²) in [5, 5.41) is 0. The molecule has 0 fully saturated rings. The molecule has 5 nitrogen and oxygen atoms in total. The van der Waals surface area contributed by atoms with Crippen molar-refractivity contribution in [3.05, 3.63) is 57.8 Å². The van der Waals surface area contributed by atoms with Crippen molar-refractivity contribution in [2.75, 3.05) is 7.11 Å². The van der Waals surface area contributed by atoms with Crippen LogP contribution >= 0.6 is 12.2 Å². The van der Waals surface area contributed by atoms with Crippen LogP contribution in [0.4, 0.5) is 0 Å². The van der Waals surface area contributed by atoms with Crippen LogP contribution < -0.4 is 16.2 Å². The highest BCUT2D eigenvalue weighted by Gasteiger charge is 2.08. The minimum absolute atomic E-state index is 0.262. The predicted molar refractivity (Wildman–Crippen MR) is 81.2 cm³/mol. The number of methoxy groups -OCH3 is 1. The van der Waals surface area contributed by atoms with E-state index in [9.17, 15) is 4.79 Å². The molecule has 0 aliphatic rings. The monoisotopic (exact) mass is 289 g/mol. The molecular weight excluding hydrogens is 274 g/mol. The Morgan fingerprint density at radius 1 is 1.50 bits per heavy atom. The number of hydrogen-bond donors (Lipinski definition) is 1. The molecule has 0 spiro atoms. The molecule has 1 aromatic heterocycles. The maximum Gasteiger partial charge on any atom is 0.347 e. The molecule has 2 rings (SSSR count). The molecule has 20 heavy (non-hydrogen) atoms. The molecule has 0 bridgehead atoms. The fraction of sp³-hybridized carbons (Fsp3) is 0.214. The quantitative estimate of drug-likeness (QED) is 0.858. The van der Waals surface area contributed by atoms with Gasteiger partial charge in [0.2, 0.25) is 0 Å². The molecule has 1 aromatic carbocycles. The van der Waals surface area contributed by atoms with E-state index in [2.05, 4.69) is 4.98 Å². The molecule has 104 valence electrons. The number of nitrogens with two attached hydrogens (primary N) is 1. The Bertz CT molecular complexity index is 710. The summed E-state index contributed by atoms with van der Waals surface area (Å²) in [6.07, 6.45) is 3.31. The molecule has 0 amide bonds. The van der Waals surface area contributed by atoms with E-state index in [-0.39, 0.29) is 10.7 Å². The van der Waals surface area contributed by atoms with Gasteiger partial charge >= 0.3 is 5.69 Å². The average molecular weight is 289 g/mol. The van der Waals surface area contributed by atoms with E-state index >= 15 is 0 Å². The zero-order valence-corrected chi connectivity index (χ0v) is 12.1. The van der Waals surface area contributed by atoms with Gasteiger partial charge in [-0.1, -0.05) is 18.3 Å². The third-order valence-electron chi connectivity index (χ3n) is 2.87. The van der Waals surface area contributed by atoms with E-state index in [1.54, 1.807) is 30.1 Å². The smallest absolute Gasteiger partial charge is 0.347 e. The van der Waals surface area contributed by atoms with E-state index < -0.39 is 0 Å². The van der Waals surface area contributed by atoms with Crippen LogP contribution in [0.2, 0.25) is 0 Å². The number of aromatic nitrogens is 2. The molecule has 0 saturated heterocycles. The molecule has 2 N–H and O–H groups in total. The zero-order valence-electron chi connectivity index (χ0n) is 11.3. The van der Waals surface area contributed by atoms with E-state index in [0.717, 1.165) is 11.1 Å². The van der Waals surface area contributed by atoms with Gasteiger partial charge in [-0.05, 0) is 30.2 Å². The first-order valence-corrected chi connectivity index (χ1v) is 6.42. The first-order valence-electron chi connectivity index (χ1n) is 6.01. The number of hydrogen-bond acceptors (Lipinski definition) is 4. The third kappa shape index (κ3) is 3.03. The lowest BCUT2D eigenvalue weighted by molar-refractivity contribution is 0.414. The number of ether oxygens (including phenoxy) is 1. The topological polar surface area (TPSA) is 70.1 Å². The molecule has 2 aromatic rings. The van der Waals surface area contributed by atoms with Crippen molar-refractivity contribution in [3.8, 4) is 5.75 Å². The van der Waals surface area contributed by atoms with Gasteiger partial charge in [0.25, 0.3) is 0 Å². The molecule has 0 atom stereocenters. The first kappa shape index (κ1) is 14.2. The zero-order chi connectivity index (χ0) is 14.7. The summed E-state index contributed by atoms with van der Waals surface area (Å²) in [6.45, 7) is 2.30. The molecule has 0 unspecified atom stereocenters. The van der Waals surface area contributed by atoms with Crippen molar-refractivity contribution < 1.29 is 4.74 Å². The van der Waals surface area contributed by atoms with Crippen molar-refractivity contribution in [1.29, 1.82) is 0 Å². The second-order valence-corrected chi connectivity index (χ2v) is 4.88. The molecule has 0 aliphatic carbocycles. The lowest BCUT2D eigenvalue weighted by Gasteiger charge is -2.11. The standard InChI is InChI=1S/C14H15N3O2S/c1-9-6-16-14(18)17(7-9)8-10-3-4-12(19-2)11(5-10)13(15)20/h3-7H,8H2,1-2H3,(H2,15,20). The summed E-state index contributed by atoms with van der Waals surface area (Å²) in [7, 11) is 1.56. The summed E-state index contributed by atoms with van der Waals surface area (Å²) in [4.78, 5) is 15.8. The van der Waals surface area contributed by atoms with Crippen molar-refractivity contribution in [2.24, 2.45) is 5.73 Å². The lowest BCUT2D eigenvalue weighted by atomic mass is 10.1. The fourth-order valence-electron chi connectivity index (χ4n) is 1.92. The van der Waals surface area contributed by atoms with Gasteiger partial charge in [0.15, 0.2) is 0 Å². The van der Waals surface area contributed by atoms with Crippen molar-refractivity contribution in [2.45, 2.75) is 13.5 Å². The van der Waals surface area contributed by atoms with Gasteiger partial charge in [-0.15, -0.1) is 0 Å². The van der Waals surface area contributed by atoms with Crippen LogP contribution in [0, 0.1) is 6.92 Å². The van der Waals surface area contributed by atoms with E-state index in [0.29, 0.717) is 17.9 Å². The largest absolute Gasteiger partial charge is 0.496 e. The van der Waals surface area contributed by atoms with Gasteiger partial charge < -0.3 is 10.5 Å². The lowest BCUT2D eigenvalue weighted by Crippen LogP contribution is -2.23. The van der Waals surface area contributed by atoms with Crippen molar-refractivity contribution in [3.63, 3.8) is 0 Å². The summed E-state index contributed by atoms with van der Waals surface area (Å²) in [5.74, 6) is 0.621. The maximum atomic E-state index is 11.7. The Labute approximate surface area is 122 Å². The number of aryl methyl sites for hydroxylation is 1. The molecule has 1 heterocycles. The maximum absolute atomic E-state index is 11.7. The number of thiocarbonyl (C=S) groups is 1. The Morgan fingerprint density at radius 2 is 2.25 bits per heavy atom. The molecule has 0 saturated carbocycles. The van der Waals surface area contributed by atoms with Gasteiger partial charge in [-0.2, -0.15) is 0 Å². The van der Waals surface area contributed by atoms with Crippen LogP contribution in [0.5, 0.6) is 5.75 Å². The highest BCUT2D eigenvalue weighted by molar-refractivity contribution is 7.80. The van der Waals surface area contributed by atoms with Gasteiger partial charge in [0.1, 0.15) is 10.7 Å². The summed E-state index contributed by atoms with van der Waals surface area (Å²) < 4.78 is 6.75. The Morgan fingerprint density at radius 3 is 2.90 bits per heavy atom. The number of rotatable bonds is 4. The molecule has 6 heteroatoms. The van der Waals surface area contributed by atoms with Crippen molar-refractivity contribution in [1.82, 2.24) is 9.55 Å². The molecule has 0 aliphatic heterocycles. The highest BCUT2D eigenvalue weighted by atomic mass is 32.1. The highest BCUT2D eigenvalue weighted by Crippen LogP contribution is 2.20.